The molecular weight excluding hydrogens is 433 g/mol. The summed E-state index contributed by atoms with van der Waals surface area (Å²) in [5.74, 6) is 0.862. The van der Waals surface area contributed by atoms with Crippen LogP contribution in [0.2, 0.25) is 0 Å². The highest BCUT2D eigenvalue weighted by atomic mass is 127. The molecule has 2 aromatic rings. The molecule has 2 N–H and O–H groups in total. The summed E-state index contributed by atoms with van der Waals surface area (Å²) >= 11 is 1.80. The lowest BCUT2D eigenvalue weighted by Crippen LogP contribution is -2.43. The van der Waals surface area contributed by atoms with Crippen molar-refractivity contribution in [2.75, 3.05) is 20.1 Å². The van der Waals surface area contributed by atoms with Gasteiger partial charge < -0.3 is 10.6 Å². The number of guanidine groups is 1. The molecule has 0 saturated carbocycles. The lowest BCUT2D eigenvalue weighted by molar-refractivity contribution is 0.518. The smallest absolute Gasteiger partial charge is 0.191 e. The first-order valence-electron chi connectivity index (χ1n) is 7.97. The van der Waals surface area contributed by atoms with Crippen molar-refractivity contribution in [1.82, 2.24) is 20.4 Å². The van der Waals surface area contributed by atoms with Crippen molar-refractivity contribution in [1.29, 1.82) is 0 Å². The summed E-state index contributed by atoms with van der Waals surface area (Å²) in [4.78, 5) is 5.69. The van der Waals surface area contributed by atoms with E-state index in [-0.39, 0.29) is 29.4 Å². The molecule has 0 aromatic carbocycles. The maximum Gasteiger partial charge on any atom is 0.191 e. The molecule has 0 saturated heterocycles. The normalized spacial score (nSPS) is 11.9. The average Bonchev–Trinajstić information content (AvgIpc) is 3.18. The molecule has 0 spiro atoms. The Morgan fingerprint density at radius 3 is 2.75 bits per heavy atom. The van der Waals surface area contributed by atoms with Crippen LogP contribution < -0.4 is 10.6 Å². The summed E-state index contributed by atoms with van der Waals surface area (Å²) < 4.78 is 1.84. The lowest BCUT2D eigenvalue weighted by atomic mass is 9.91. The van der Waals surface area contributed by atoms with Gasteiger partial charge in [-0.25, -0.2) is 0 Å². The highest BCUT2D eigenvalue weighted by Crippen LogP contribution is 2.26. The Labute approximate surface area is 166 Å². The van der Waals surface area contributed by atoms with Gasteiger partial charge in [0, 0.05) is 43.7 Å². The Morgan fingerprint density at radius 1 is 1.38 bits per heavy atom. The van der Waals surface area contributed by atoms with E-state index in [9.17, 15) is 0 Å². The Balaban J connectivity index is 0.00000288. The predicted octanol–water partition coefficient (Wildman–Crippen LogP) is 3.18. The first-order chi connectivity index (χ1) is 11.0. The number of nitrogens with one attached hydrogen (secondary N) is 2. The molecule has 2 heterocycles. The van der Waals surface area contributed by atoms with E-state index in [1.54, 1.807) is 11.3 Å². The van der Waals surface area contributed by atoms with Crippen molar-refractivity contribution in [2.24, 2.45) is 12.0 Å². The van der Waals surface area contributed by atoms with Gasteiger partial charge in [-0.05, 0) is 29.9 Å². The van der Waals surface area contributed by atoms with Crippen molar-refractivity contribution in [2.45, 2.75) is 32.1 Å². The van der Waals surface area contributed by atoms with Gasteiger partial charge in [-0.3, -0.25) is 9.67 Å². The average molecular weight is 461 g/mol. The Bertz CT molecular complexity index is 619. The maximum atomic E-state index is 4.30. The van der Waals surface area contributed by atoms with Crippen LogP contribution >= 0.6 is 35.3 Å². The number of aryl methyl sites for hydroxylation is 2. The van der Waals surface area contributed by atoms with Crippen LogP contribution in [0.3, 0.4) is 0 Å². The van der Waals surface area contributed by atoms with E-state index in [2.05, 4.69) is 58.3 Å². The van der Waals surface area contributed by atoms with Crippen molar-refractivity contribution < 1.29 is 0 Å². The summed E-state index contributed by atoms with van der Waals surface area (Å²) in [6.07, 6.45) is 6.08. The topological polar surface area (TPSA) is 54.2 Å². The number of hydrogen-bond acceptors (Lipinski definition) is 3. The first kappa shape index (κ1) is 21.0. The molecule has 134 valence electrons. The van der Waals surface area contributed by atoms with Gasteiger partial charge in [-0.15, -0.1) is 35.3 Å². The quantitative estimate of drug-likeness (QED) is 0.288. The van der Waals surface area contributed by atoms with Gasteiger partial charge in [-0.2, -0.15) is 5.10 Å². The molecule has 5 nitrogen and oxygen atoms in total. The molecular formula is C17H28IN5S. The molecule has 0 unspecified atom stereocenters. The first-order valence-corrected chi connectivity index (χ1v) is 8.85. The zero-order valence-electron chi connectivity index (χ0n) is 14.9. The van der Waals surface area contributed by atoms with Crippen LogP contribution in [0.4, 0.5) is 0 Å². The van der Waals surface area contributed by atoms with Crippen LogP contribution in [0.1, 0.15) is 30.7 Å². The number of aromatic nitrogens is 2. The number of hydrogen-bond donors (Lipinski definition) is 2. The van der Waals surface area contributed by atoms with Crippen molar-refractivity contribution in [3.05, 3.63) is 40.3 Å². The van der Waals surface area contributed by atoms with E-state index in [1.165, 1.54) is 10.4 Å². The minimum Gasteiger partial charge on any atom is -0.356 e. The summed E-state index contributed by atoms with van der Waals surface area (Å²) in [5, 5.41) is 13.1. The summed E-state index contributed by atoms with van der Waals surface area (Å²) in [6, 6.07) is 4.30. The SMILES string of the molecule is CN=C(NCCCc1cnn(C)c1)NCC(C)(C)c1cccs1.I. The number of halogens is 1. The van der Waals surface area contributed by atoms with E-state index >= 15 is 0 Å². The fourth-order valence-corrected chi connectivity index (χ4v) is 3.23. The van der Waals surface area contributed by atoms with Crippen molar-refractivity contribution >= 4 is 41.3 Å². The van der Waals surface area contributed by atoms with Crippen LogP contribution in [0, 0.1) is 0 Å². The third-order valence-corrected chi connectivity index (χ3v) is 5.04. The summed E-state index contributed by atoms with van der Waals surface area (Å²) in [6.45, 7) is 6.26. The van der Waals surface area contributed by atoms with E-state index in [0.29, 0.717) is 0 Å². The van der Waals surface area contributed by atoms with E-state index in [0.717, 1.165) is 31.9 Å². The number of rotatable bonds is 7. The second kappa shape index (κ2) is 10.0. The minimum atomic E-state index is 0. The van der Waals surface area contributed by atoms with E-state index < -0.39 is 0 Å². The minimum absolute atomic E-state index is 0. The number of thiophene rings is 1. The molecule has 0 aliphatic rings. The van der Waals surface area contributed by atoms with Crippen molar-refractivity contribution in [3.63, 3.8) is 0 Å². The second-order valence-corrected chi connectivity index (χ2v) is 7.29. The standard InChI is InChI=1S/C17H27N5S.HI/c1-17(2,15-8-6-10-23-15)13-20-16(18-3)19-9-5-7-14-11-21-22(4)12-14;/h6,8,10-12H,5,7,9,13H2,1-4H3,(H2,18,19,20);1H. The van der Waals surface area contributed by atoms with Gasteiger partial charge in [0.1, 0.15) is 0 Å². The van der Waals surface area contributed by atoms with Crippen LogP contribution in [0.25, 0.3) is 0 Å². The molecule has 0 radical (unpaired) electrons. The molecule has 0 aliphatic carbocycles. The van der Waals surface area contributed by atoms with Gasteiger partial charge >= 0.3 is 0 Å². The number of aliphatic imine (C=N–C) groups is 1. The van der Waals surface area contributed by atoms with Gasteiger partial charge in [-0.1, -0.05) is 19.9 Å². The zero-order valence-corrected chi connectivity index (χ0v) is 18.0. The summed E-state index contributed by atoms with van der Waals surface area (Å²) in [5.41, 5.74) is 1.37. The Hall–Kier alpha value is -1.09. The second-order valence-electron chi connectivity index (χ2n) is 6.34. The lowest BCUT2D eigenvalue weighted by Gasteiger charge is -2.25. The molecule has 2 aromatic heterocycles. The third-order valence-electron chi connectivity index (χ3n) is 3.80. The molecule has 24 heavy (non-hydrogen) atoms. The van der Waals surface area contributed by atoms with Gasteiger partial charge in [0.2, 0.25) is 0 Å². The summed E-state index contributed by atoms with van der Waals surface area (Å²) in [7, 11) is 3.76. The molecule has 0 amide bonds. The highest BCUT2D eigenvalue weighted by Gasteiger charge is 2.21. The Kier molecular flexibility index (Phi) is 8.75. The molecule has 0 atom stereocenters. The monoisotopic (exact) mass is 461 g/mol. The van der Waals surface area contributed by atoms with Gasteiger partial charge in [0.05, 0.1) is 6.20 Å². The maximum absolute atomic E-state index is 4.30. The molecule has 2 rings (SSSR count). The highest BCUT2D eigenvalue weighted by molar-refractivity contribution is 14.0. The van der Waals surface area contributed by atoms with E-state index in [1.807, 2.05) is 25.0 Å². The number of nitrogens with zero attached hydrogens (tertiary/aromatic N) is 3. The van der Waals surface area contributed by atoms with Gasteiger partial charge in [0.15, 0.2) is 5.96 Å². The Morgan fingerprint density at radius 2 is 2.17 bits per heavy atom. The van der Waals surface area contributed by atoms with Crippen LogP contribution in [-0.2, 0) is 18.9 Å². The molecule has 0 aliphatic heterocycles. The van der Waals surface area contributed by atoms with E-state index in [4.69, 9.17) is 0 Å². The van der Waals surface area contributed by atoms with Gasteiger partial charge in [0.25, 0.3) is 0 Å². The molecule has 7 heteroatoms. The molecule has 0 fully saturated rings. The van der Waals surface area contributed by atoms with Crippen LogP contribution in [0.15, 0.2) is 34.9 Å². The van der Waals surface area contributed by atoms with Crippen LogP contribution in [0.5, 0.6) is 0 Å². The molecule has 0 bridgehead atoms. The predicted molar refractivity (Wildman–Crippen MR) is 114 cm³/mol. The largest absolute Gasteiger partial charge is 0.356 e. The zero-order chi connectivity index (χ0) is 16.7. The third kappa shape index (κ3) is 6.43. The fraction of sp³-hybridized carbons (Fsp3) is 0.529. The van der Waals surface area contributed by atoms with Crippen molar-refractivity contribution in [3.8, 4) is 0 Å². The fourth-order valence-electron chi connectivity index (χ4n) is 2.38. The van der Waals surface area contributed by atoms with Crippen LogP contribution in [-0.4, -0.2) is 35.9 Å².